The number of alkyl halides is 3. The first-order valence-corrected chi connectivity index (χ1v) is 6.29. The second-order valence-corrected chi connectivity index (χ2v) is 4.55. The highest BCUT2D eigenvalue weighted by Crippen LogP contribution is 2.37. The van der Waals surface area contributed by atoms with E-state index in [9.17, 15) is 13.2 Å². The maximum Gasteiger partial charge on any atom is 0.416 e. The van der Waals surface area contributed by atoms with E-state index in [1.807, 2.05) is 6.07 Å². The molecule has 112 valence electrons. The molecule has 0 aliphatic carbocycles. The molecule has 0 fully saturated rings. The van der Waals surface area contributed by atoms with Gasteiger partial charge in [-0.2, -0.15) is 13.2 Å². The van der Waals surface area contributed by atoms with Crippen LogP contribution in [-0.4, -0.2) is 12.1 Å². The van der Waals surface area contributed by atoms with Crippen LogP contribution in [0.5, 0.6) is 0 Å². The van der Waals surface area contributed by atoms with Gasteiger partial charge in [0.15, 0.2) is 0 Å². The first-order chi connectivity index (χ1) is 9.95. The molecule has 1 aromatic carbocycles. The second-order valence-electron chi connectivity index (χ2n) is 4.55. The molecule has 2 aromatic rings. The topological polar surface area (TPSA) is 48.1 Å². The average molecular weight is 296 g/mol. The van der Waals surface area contributed by atoms with Crippen LogP contribution >= 0.6 is 0 Å². The van der Waals surface area contributed by atoms with Gasteiger partial charge in [0.05, 0.1) is 11.6 Å². The molecular formula is C15H15F3N2O. The van der Waals surface area contributed by atoms with Crippen LogP contribution in [-0.2, 0) is 10.9 Å². The number of halogens is 3. The lowest BCUT2D eigenvalue weighted by molar-refractivity contribution is -0.138. The summed E-state index contributed by atoms with van der Waals surface area (Å²) in [6.45, 7) is 0. The number of benzene rings is 1. The minimum absolute atomic E-state index is 0.0827. The van der Waals surface area contributed by atoms with E-state index < -0.39 is 23.9 Å². The third-order valence-electron chi connectivity index (χ3n) is 3.22. The van der Waals surface area contributed by atoms with Crippen LogP contribution in [0.25, 0.3) is 0 Å². The Kier molecular flexibility index (Phi) is 4.59. The molecule has 6 heteroatoms. The SMILES string of the molecule is COC(c1ccccc1)C(N)c1cnccc1C(F)(F)F. The van der Waals surface area contributed by atoms with Gasteiger partial charge in [-0.25, -0.2) is 0 Å². The van der Waals surface area contributed by atoms with Crippen molar-refractivity contribution in [3.63, 3.8) is 0 Å². The zero-order valence-corrected chi connectivity index (χ0v) is 11.3. The fourth-order valence-corrected chi connectivity index (χ4v) is 2.23. The van der Waals surface area contributed by atoms with Crippen molar-refractivity contribution in [2.24, 2.45) is 5.73 Å². The molecule has 0 bridgehead atoms. The Morgan fingerprint density at radius 1 is 1.14 bits per heavy atom. The number of hydrogen-bond acceptors (Lipinski definition) is 3. The van der Waals surface area contributed by atoms with Crippen LogP contribution in [0, 0.1) is 0 Å². The minimum atomic E-state index is -4.48. The Morgan fingerprint density at radius 2 is 1.81 bits per heavy atom. The average Bonchev–Trinajstić information content (AvgIpc) is 2.48. The lowest BCUT2D eigenvalue weighted by atomic mass is 9.94. The van der Waals surface area contributed by atoms with Crippen LogP contribution in [0.4, 0.5) is 13.2 Å². The quantitative estimate of drug-likeness (QED) is 0.939. The smallest absolute Gasteiger partial charge is 0.375 e. The van der Waals surface area contributed by atoms with Crippen molar-refractivity contribution >= 4 is 0 Å². The summed E-state index contributed by atoms with van der Waals surface area (Å²) in [5.74, 6) is 0. The maximum atomic E-state index is 13.1. The maximum absolute atomic E-state index is 13.1. The third kappa shape index (κ3) is 3.40. The van der Waals surface area contributed by atoms with Crippen molar-refractivity contribution < 1.29 is 17.9 Å². The molecule has 2 atom stereocenters. The molecule has 0 aliphatic rings. The molecule has 0 spiro atoms. The van der Waals surface area contributed by atoms with E-state index in [0.29, 0.717) is 5.56 Å². The van der Waals surface area contributed by atoms with E-state index in [2.05, 4.69) is 4.98 Å². The number of rotatable bonds is 4. The van der Waals surface area contributed by atoms with E-state index in [0.717, 1.165) is 18.5 Å². The molecule has 1 aromatic heterocycles. The van der Waals surface area contributed by atoms with Gasteiger partial charge in [0.25, 0.3) is 0 Å². The van der Waals surface area contributed by atoms with E-state index in [1.54, 1.807) is 24.3 Å². The Balaban J connectivity index is 2.42. The normalized spacial score (nSPS) is 14.7. The standard InChI is InChI=1S/C15H15F3N2O/c1-21-14(10-5-3-2-4-6-10)13(19)11-9-20-8-7-12(11)15(16,17)18/h2-9,13-14H,19H2,1H3. The Labute approximate surface area is 120 Å². The van der Waals surface area contributed by atoms with Gasteiger partial charge in [0.2, 0.25) is 0 Å². The van der Waals surface area contributed by atoms with Crippen LogP contribution in [0.1, 0.15) is 28.8 Å². The molecule has 0 saturated heterocycles. The molecule has 2 rings (SSSR count). The van der Waals surface area contributed by atoms with Gasteiger partial charge in [-0.05, 0) is 11.6 Å². The molecule has 21 heavy (non-hydrogen) atoms. The predicted octanol–water partition coefficient (Wildman–Crippen LogP) is 3.49. The Morgan fingerprint density at radius 3 is 2.38 bits per heavy atom. The summed E-state index contributed by atoms with van der Waals surface area (Å²) in [5, 5.41) is 0. The first kappa shape index (κ1) is 15.5. The van der Waals surface area contributed by atoms with Crippen molar-refractivity contribution in [2.45, 2.75) is 18.3 Å². The number of hydrogen-bond donors (Lipinski definition) is 1. The van der Waals surface area contributed by atoms with Gasteiger partial charge >= 0.3 is 6.18 Å². The summed E-state index contributed by atoms with van der Waals surface area (Å²) in [6, 6.07) is 8.85. The zero-order valence-electron chi connectivity index (χ0n) is 11.3. The molecule has 2 unspecified atom stereocenters. The number of pyridine rings is 1. The van der Waals surface area contributed by atoms with Crippen LogP contribution in [0.3, 0.4) is 0 Å². The lowest BCUT2D eigenvalue weighted by Gasteiger charge is -2.25. The van der Waals surface area contributed by atoms with E-state index in [-0.39, 0.29) is 5.56 Å². The highest BCUT2D eigenvalue weighted by molar-refractivity contribution is 5.32. The molecule has 0 aliphatic heterocycles. The minimum Gasteiger partial charge on any atom is -0.375 e. The van der Waals surface area contributed by atoms with Crippen molar-refractivity contribution in [3.05, 3.63) is 65.5 Å². The van der Waals surface area contributed by atoms with Gasteiger partial charge < -0.3 is 10.5 Å². The van der Waals surface area contributed by atoms with Crippen LogP contribution in [0.2, 0.25) is 0 Å². The highest BCUT2D eigenvalue weighted by Gasteiger charge is 2.36. The summed E-state index contributed by atoms with van der Waals surface area (Å²) in [6.07, 6.45) is -2.92. The number of ether oxygens (including phenoxy) is 1. The van der Waals surface area contributed by atoms with Gasteiger partial charge in [0, 0.05) is 25.1 Å². The first-order valence-electron chi connectivity index (χ1n) is 6.29. The molecule has 3 nitrogen and oxygen atoms in total. The van der Waals surface area contributed by atoms with Crippen molar-refractivity contribution in [2.75, 3.05) is 7.11 Å². The third-order valence-corrected chi connectivity index (χ3v) is 3.22. The Bertz CT molecular complexity index is 587. The van der Waals surface area contributed by atoms with Crippen LogP contribution < -0.4 is 5.73 Å². The van der Waals surface area contributed by atoms with Gasteiger partial charge in [0.1, 0.15) is 6.10 Å². The summed E-state index contributed by atoms with van der Waals surface area (Å²) >= 11 is 0. The van der Waals surface area contributed by atoms with E-state index >= 15 is 0 Å². The molecule has 0 saturated carbocycles. The van der Waals surface area contributed by atoms with Gasteiger partial charge in [-0.3, -0.25) is 4.98 Å². The summed E-state index contributed by atoms with van der Waals surface area (Å²) in [7, 11) is 1.42. The van der Waals surface area contributed by atoms with Gasteiger partial charge in [-0.1, -0.05) is 30.3 Å². The summed E-state index contributed by atoms with van der Waals surface area (Å²) in [5.41, 5.74) is 5.86. The van der Waals surface area contributed by atoms with Gasteiger partial charge in [-0.15, -0.1) is 0 Å². The fraction of sp³-hybridized carbons (Fsp3) is 0.267. The lowest BCUT2D eigenvalue weighted by Crippen LogP contribution is -2.25. The van der Waals surface area contributed by atoms with Crippen molar-refractivity contribution in [3.8, 4) is 0 Å². The summed E-state index contributed by atoms with van der Waals surface area (Å²) < 4.78 is 44.5. The molecule has 0 radical (unpaired) electrons. The number of nitrogens with zero attached hydrogens (tertiary/aromatic N) is 1. The monoisotopic (exact) mass is 296 g/mol. The number of nitrogens with two attached hydrogens (primary N) is 1. The predicted molar refractivity (Wildman–Crippen MR) is 72.4 cm³/mol. The Hall–Kier alpha value is -1.92. The van der Waals surface area contributed by atoms with Crippen molar-refractivity contribution in [1.82, 2.24) is 4.98 Å². The van der Waals surface area contributed by atoms with Crippen molar-refractivity contribution in [1.29, 1.82) is 0 Å². The number of aromatic nitrogens is 1. The van der Waals surface area contributed by atoms with Crippen LogP contribution in [0.15, 0.2) is 48.8 Å². The molecule has 1 heterocycles. The molecule has 2 N–H and O–H groups in total. The largest absolute Gasteiger partial charge is 0.416 e. The zero-order chi connectivity index (χ0) is 15.5. The fourth-order valence-electron chi connectivity index (χ4n) is 2.23. The molecule has 0 amide bonds. The molecular weight excluding hydrogens is 281 g/mol. The second kappa shape index (κ2) is 6.24. The highest BCUT2D eigenvalue weighted by atomic mass is 19.4. The van der Waals surface area contributed by atoms with E-state index in [1.165, 1.54) is 7.11 Å². The summed E-state index contributed by atoms with van der Waals surface area (Å²) in [4.78, 5) is 3.75. The number of methoxy groups -OCH3 is 1. The van der Waals surface area contributed by atoms with E-state index in [4.69, 9.17) is 10.5 Å².